The van der Waals surface area contributed by atoms with Crippen molar-refractivity contribution in [1.29, 1.82) is 0 Å². The Hall–Kier alpha value is -1.78. The number of ether oxygens (including phenoxy) is 1. The van der Waals surface area contributed by atoms with Gasteiger partial charge in [0.1, 0.15) is 0 Å². The van der Waals surface area contributed by atoms with E-state index < -0.39 is 0 Å². The maximum atomic E-state index is 12.2. The molecule has 2 aromatic carbocycles. The molecule has 0 aliphatic heterocycles. The number of methoxy groups -OCH3 is 1. The number of benzene rings is 2. The number of carbonyl (C=O) groups is 1. The van der Waals surface area contributed by atoms with Gasteiger partial charge in [0, 0.05) is 18.4 Å². The van der Waals surface area contributed by atoms with Crippen molar-refractivity contribution in [2.45, 2.75) is 18.3 Å². The summed E-state index contributed by atoms with van der Waals surface area (Å²) in [5.41, 5.74) is 2.82. The van der Waals surface area contributed by atoms with Crippen LogP contribution in [0.4, 0.5) is 5.69 Å². The normalized spacial score (nSPS) is 11.9. The molecule has 2 rings (SSSR count). The number of hydrogen-bond donors (Lipinski definition) is 2. The van der Waals surface area contributed by atoms with E-state index in [1.165, 1.54) is 0 Å². The Balaban J connectivity index is 2.01. The van der Waals surface area contributed by atoms with E-state index in [0.29, 0.717) is 13.0 Å². The Kier molecular flexibility index (Phi) is 5.84. The number of hydrogen-bond acceptors (Lipinski definition) is 3. The second kappa shape index (κ2) is 7.86. The Morgan fingerprint density at radius 1 is 1.14 bits per heavy atom. The summed E-state index contributed by atoms with van der Waals surface area (Å²) >= 11 is 4.41. The first-order valence-corrected chi connectivity index (χ1v) is 7.32. The van der Waals surface area contributed by atoms with Crippen LogP contribution in [0.3, 0.4) is 0 Å². The molecule has 0 saturated heterocycles. The van der Waals surface area contributed by atoms with Crippen LogP contribution in [0.5, 0.6) is 0 Å². The van der Waals surface area contributed by atoms with Crippen LogP contribution >= 0.6 is 12.6 Å². The van der Waals surface area contributed by atoms with Crippen molar-refractivity contribution in [2.75, 3.05) is 12.4 Å². The van der Waals surface area contributed by atoms with E-state index >= 15 is 0 Å². The Labute approximate surface area is 130 Å². The molecule has 0 aliphatic carbocycles. The molecule has 0 spiro atoms. The molecule has 21 heavy (non-hydrogen) atoms. The van der Waals surface area contributed by atoms with Crippen molar-refractivity contribution in [2.24, 2.45) is 0 Å². The Bertz CT molecular complexity index is 586. The van der Waals surface area contributed by atoms with Gasteiger partial charge in [-0.25, -0.2) is 0 Å². The third-order valence-corrected chi connectivity index (χ3v) is 3.57. The van der Waals surface area contributed by atoms with Gasteiger partial charge in [-0.2, -0.15) is 12.6 Å². The lowest BCUT2D eigenvalue weighted by Gasteiger charge is -2.14. The number of carbonyl (C=O) groups excluding carboxylic acids is 1. The summed E-state index contributed by atoms with van der Waals surface area (Å²) < 4.78 is 5.14. The second-order valence-electron chi connectivity index (χ2n) is 4.78. The van der Waals surface area contributed by atoms with Crippen molar-refractivity contribution in [1.82, 2.24) is 0 Å². The molecule has 0 radical (unpaired) electrons. The summed E-state index contributed by atoms with van der Waals surface area (Å²) in [6.45, 7) is 0.465. The first-order chi connectivity index (χ1) is 10.2. The Morgan fingerprint density at radius 2 is 1.81 bits per heavy atom. The van der Waals surface area contributed by atoms with Gasteiger partial charge in [0.15, 0.2) is 0 Å². The van der Waals surface area contributed by atoms with Crippen LogP contribution in [-0.2, 0) is 22.6 Å². The SMILES string of the molecule is COCc1ccccc1NC(=O)C(S)Cc1ccccc1. The van der Waals surface area contributed by atoms with Gasteiger partial charge in [-0.15, -0.1) is 0 Å². The molecule has 4 heteroatoms. The van der Waals surface area contributed by atoms with Crippen molar-refractivity contribution < 1.29 is 9.53 Å². The van der Waals surface area contributed by atoms with E-state index in [2.05, 4.69) is 17.9 Å². The fourth-order valence-corrected chi connectivity index (χ4v) is 2.35. The zero-order chi connectivity index (χ0) is 15.1. The van der Waals surface area contributed by atoms with Gasteiger partial charge in [-0.3, -0.25) is 4.79 Å². The van der Waals surface area contributed by atoms with Crippen LogP contribution in [0.1, 0.15) is 11.1 Å². The summed E-state index contributed by atoms with van der Waals surface area (Å²) in [7, 11) is 1.63. The third kappa shape index (κ3) is 4.62. The van der Waals surface area contributed by atoms with Crippen molar-refractivity contribution >= 4 is 24.2 Å². The first-order valence-electron chi connectivity index (χ1n) is 6.80. The number of para-hydroxylation sites is 1. The van der Waals surface area contributed by atoms with E-state index in [0.717, 1.165) is 16.8 Å². The smallest absolute Gasteiger partial charge is 0.237 e. The Morgan fingerprint density at radius 3 is 2.52 bits per heavy atom. The molecule has 1 N–H and O–H groups in total. The molecule has 110 valence electrons. The van der Waals surface area contributed by atoms with Gasteiger partial charge >= 0.3 is 0 Å². The van der Waals surface area contributed by atoms with Crippen molar-refractivity contribution in [3.63, 3.8) is 0 Å². The summed E-state index contributed by atoms with van der Waals surface area (Å²) in [4.78, 5) is 12.2. The summed E-state index contributed by atoms with van der Waals surface area (Å²) in [5.74, 6) is -0.106. The minimum absolute atomic E-state index is 0.106. The highest BCUT2D eigenvalue weighted by Crippen LogP contribution is 2.17. The van der Waals surface area contributed by atoms with Gasteiger partial charge < -0.3 is 10.1 Å². The summed E-state index contributed by atoms with van der Waals surface area (Å²) in [6, 6.07) is 17.5. The molecule has 0 heterocycles. The van der Waals surface area contributed by atoms with Gasteiger partial charge in [0.25, 0.3) is 0 Å². The topological polar surface area (TPSA) is 38.3 Å². The molecular formula is C17H19NO2S. The molecule has 3 nitrogen and oxygen atoms in total. The number of thiol groups is 1. The highest BCUT2D eigenvalue weighted by Gasteiger charge is 2.15. The fraction of sp³-hybridized carbons (Fsp3) is 0.235. The summed E-state index contributed by atoms with van der Waals surface area (Å²) in [5, 5.41) is 2.53. The van der Waals surface area contributed by atoms with Crippen LogP contribution in [0, 0.1) is 0 Å². The van der Waals surface area contributed by atoms with E-state index in [1.807, 2.05) is 54.6 Å². The fourth-order valence-electron chi connectivity index (χ4n) is 2.07. The molecule has 1 unspecified atom stereocenters. The van der Waals surface area contributed by atoms with Crippen LogP contribution in [-0.4, -0.2) is 18.3 Å². The molecule has 0 fully saturated rings. The highest BCUT2D eigenvalue weighted by molar-refractivity contribution is 7.81. The average molecular weight is 301 g/mol. The van der Waals surface area contributed by atoms with Crippen molar-refractivity contribution in [3.8, 4) is 0 Å². The standard InChI is InChI=1S/C17H19NO2S/c1-20-12-14-9-5-6-10-15(14)18-17(19)16(21)11-13-7-3-2-4-8-13/h2-10,16,21H,11-12H2,1H3,(H,18,19). The molecular weight excluding hydrogens is 282 g/mol. The van der Waals surface area contributed by atoms with Gasteiger partial charge in [0.05, 0.1) is 11.9 Å². The van der Waals surface area contributed by atoms with Crippen LogP contribution < -0.4 is 5.32 Å². The minimum atomic E-state index is -0.386. The zero-order valence-corrected chi connectivity index (χ0v) is 12.8. The third-order valence-electron chi connectivity index (χ3n) is 3.15. The van der Waals surface area contributed by atoms with Crippen molar-refractivity contribution in [3.05, 3.63) is 65.7 Å². The predicted octanol–water partition coefficient (Wildman–Crippen LogP) is 3.31. The average Bonchev–Trinajstić information content (AvgIpc) is 2.50. The van der Waals surface area contributed by atoms with Gasteiger partial charge in [-0.05, 0) is 18.1 Å². The molecule has 0 saturated carbocycles. The molecule has 0 aromatic heterocycles. The second-order valence-corrected chi connectivity index (χ2v) is 5.41. The number of amides is 1. The van der Waals surface area contributed by atoms with E-state index in [-0.39, 0.29) is 11.2 Å². The lowest BCUT2D eigenvalue weighted by Crippen LogP contribution is -2.25. The maximum absolute atomic E-state index is 12.2. The van der Waals surface area contributed by atoms with Crippen LogP contribution in [0.15, 0.2) is 54.6 Å². The summed E-state index contributed by atoms with van der Waals surface area (Å²) in [6.07, 6.45) is 0.599. The largest absolute Gasteiger partial charge is 0.380 e. The molecule has 0 aliphatic rings. The number of nitrogens with one attached hydrogen (secondary N) is 1. The highest BCUT2D eigenvalue weighted by atomic mass is 32.1. The van der Waals surface area contributed by atoms with E-state index in [1.54, 1.807) is 7.11 Å². The number of rotatable bonds is 6. The van der Waals surface area contributed by atoms with Gasteiger partial charge in [-0.1, -0.05) is 48.5 Å². The van der Waals surface area contributed by atoms with Crippen LogP contribution in [0.25, 0.3) is 0 Å². The molecule has 0 bridgehead atoms. The van der Waals surface area contributed by atoms with E-state index in [4.69, 9.17) is 4.74 Å². The molecule has 1 atom stereocenters. The lowest BCUT2D eigenvalue weighted by molar-refractivity contribution is -0.115. The molecule has 2 aromatic rings. The molecule has 1 amide bonds. The monoisotopic (exact) mass is 301 g/mol. The van der Waals surface area contributed by atoms with Crippen LogP contribution in [0.2, 0.25) is 0 Å². The first kappa shape index (κ1) is 15.6. The maximum Gasteiger partial charge on any atom is 0.237 e. The minimum Gasteiger partial charge on any atom is -0.380 e. The lowest BCUT2D eigenvalue weighted by atomic mass is 10.1. The number of anilines is 1. The quantitative estimate of drug-likeness (QED) is 0.803. The van der Waals surface area contributed by atoms with Gasteiger partial charge in [0.2, 0.25) is 5.91 Å². The zero-order valence-electron chi connectivity index (χ0n) is 12.0. The predicted molar refractivity (Wildman–Crippen MR) is 88.7 cm³/mol. The van der Waals surface area contributed by atoms with E-state index in [9.17, 15) is 4.79 Å².